The summed E-state index contributed by atoms with van der Waals surface area (Å²) in [5, 5.41) is 11.0. The second-order valence-electron chi connectivity index (χ2n) is 12.9. The van der Waals surface area contributed by atoms with Crippen molar-refractivity contribution in [1.29, 1.82) is 0 Å². The topological polar surface area (TPSA) is 147 Å². The molecule has 4 rings (SSSR count). The lowest BCUT2D eigenvalue weighted by molar-refractivity contribution is -0.0761. The highest BCUT2D eigenvalue weighted by molar-refractivity contribution is 7.81. The van der Waals surface area contributed by atoms with Crippen LogP contribution >= 0.6 is 0 Å². The predicted molar refractivity (Wildman–Crippen MR) is 143 cm³/mol. The average Bonchev–Trinajstić information content (AvgIpc) is 3.14. The average molecular weight is 577 g/mol. The lowest BCUT2D eigenvalue weighted by Crippen LogP contribution is -2.54. The summed E-state index contributed by atoms with van der Waals surface area (Å²) in [6.45, 7) is 8.70. The minimum Gasteiger partial charge on any atom is -0.386 e. The Morgan fingerprint density at radius 1 is 1.03 bits per heavy atom. The first-order valence-electron chi connectivity index (χ1n) is 13.9. The first-order chi connectivity index (χ1) is 17.6. The number of aliphatic hydroxyl groups is 1. The summed E-state index contributed by atoms with van der Waals surface area (Å²) < 4.78 is 73.5. The third-order valence-corrected chi connectivity index (χ3v) is 11.3. The molecule has 0 heterocycles. The van der Waals surface area contributed by atoms with Crippen molar-refractivity contribution in [3.05, 3.63) is 23.8 Å². The van der Waals surface area contributed by atoms with E-state index in [0.717, 1.165) is 44.1 Å². The summed E-state index contributed by atoms with van der Waals surface area (Å²) in [4.78, 5) is 0. The second kappa shape index (κ2) is 10.9. The number of hydrogen-bond acceptors (Lipinski definition) is 7. The Bertz CT molecular complexity index is 1150. The third kappa shape index (κ3) is 6.09. The van der Waals surface area contributed by atoms with Crippen LogP contribution in [0.1, 0.15) is 79.1 Å². The smallest absolute Gasteiger partial charge is 0.386 e. The Morgan fingerprint density at radius 3 is 2.37 bits per heavy atom. The molecule has 9 atom stereocenters. The summed E-state index contributed by atoms with van der Waals surface area (Å²) in [7, 11) is -9.18. The van der Waals surface area contributed by atoms with Gasteiger partial charge < -0.3 is 5.11 Å². The van der Waals surface area contributed by atoms with Crippen LogP contribution in [-0.4, -0.2) is 49.9 Å². The van der Waals surface area contributed by atoms with Gasteiger partial charge in [0, 0.05) is 5.92 Å². The fourth-order valence-electron chi connectivity index (χ4n) is 8.70. The molecule has 4 aliphatic rings. The van der Waals surface area contributed by atoms with Crippen molar-refractivity contribution < 1.29 is 39.4 Å². The molecule has 38 heavy (non-hydrogen) atoms. The van der Waals surface area contributed by atoms with E-state index in [4.69, 9.17) is 12.9 Å². The molecule has 4 aliphatic carbocycles. The van der Waals surface area contributed by atoms with Crippen molar-refractivity contribution in [2.24, 2.45) is 46.3 Å². The number of allylic oxidation sites excluding steroid dienone is 2. The first kappa shape index (κ1) is 30.1. The second-order valence-corrected chi connectivity index (χ2v) is 15.0. The van der Waals surface area contributed by atoms with E-state index in [0.29, 0.717) is 36.5 Å². The Balaban J connectivity index is 1.57. The van der Waals surface area contributed by atoms with Gasteiger partial charge in [0.05, 0.1) is 6.61 Å². The first-order valence-corrected chi connectivity index (χ1v) is 16.6. The molecule has 0 aliphatic heterocycles. The van der Waals surface area contributed by atoms with Crippen LogP contribution in [0, 0.1) is 46.3 Å². The normalized spacial score (nSPS) is 40.5. The highest BCUT2D eigenvalue weighted by Crippen LogP contribution is 2.67. The molecule has 0 aromatic carbocycles. The maximum Gasteiger partial charge on any atom is 0.397 e. The third-order valence-electron chi connectivity index (χ3n) is 10.4. The van der Waals surface area contributed by atoms with Gasteiger partial charge in [0.15, 0.2) is 0 Å². The van der Waals surface area contributed by atoms with Crippen molar-refractivity contribution in [1.82, 2.24) is 0 Å². The zero-order valence-electron chi connectivity index (χ0n) is 22.8. The van der Waals surface area contributed by atoms with E-state index in [1.807, 2.05) is 0 Å². The number of rotatable bonds is 9. The predicted octanol–water partition coefficient (Wildman–Crippen LogP) is 4.76. The number of aliphatic hydroxyl groups excluding tert-OH is 1. The molecule has 0 spiro atoms. The van der Waals surface area contributed by atoms with Gasteiger partial charge in [-0.15, -0.1) is 0 Å². The lowest BCUT2D eigenvalue weighted by Gasteiger charge is -2.59. The molecule has 0 bridgehead atoms. The van der Waals surface area contributed by atoms with E-state index in [2.05, 4.69) is 45.9 Å². The molecule has 3 N–H and O–H groups in total. The standard InChI is InChI=1S/C27H44O9S2/c1-17(2)6-5-7-18(16-35-37(29,30)31)20-10-11-21-19-8-9-23-25(28)24(36-38(32,33)34)13-15-27(23,4)22(19)12-14-26(20,21)3/h5,7,9,17-22,24-25,28H,6,8,10-16H2,1-4H3,(H,29,30,31)(H,32,33,34)/b7-5+/t18-,19-,20+,21+,22-,24+,25+,26+,27+/m0/s1. The van der Waals surface area contributed by atoms with E-state index in [9.17, 15) is 26.5 Å². The van der Waals surface area contributed by atoms with Crippen LogP contribution in [0.4, 0.5) is 0 Å². The van der Waals surface area contributed by atoms with E-state index in [1.165, 1.54) is 0 Å². The van der Waals surface area contributed by atoms with E-state index < -0.39 is 33.0 Å². The van der Waals surface area contributed by atoms with Gasteiger partial charge in [0.25, 0.3) is 0 Å². The van der Waals surface area contributed by atoms with E-state index in [-0.39, 0.29) is 29.3 Å². The van der Waals surface area contributed by atoms with Gasteiger partial charge in [-0.25, -0.2) is 8.37 Å². The zero-order chi connectivity index (χ0) is 28.1. The highest BCUT2D eigenvalue weighted by Gasteiger charge is 2.60. The van der Waals surface area contributed by atoms with Crippen molar-refractivity contribution in [2.75, 3.05) is 6.61 Å². The molecule has 11 heteroatoms. The Kier molecular flexibility index (Phi) is 8.62. The highest BCUT2D eigenvalue weighted by atomic mass is 32.3. The molecule has 0 radical (unpaired) electrons. The Morgan fingerprint density at radius 2 is 1.74 bits per heavy atom. The molecular formula is C27H44O9S2. The number of fused-ring (bicyclic) bond motifs is 5. The van der Waals surface area contributed by atoms with Crippen LogP contribution in [0.25, 0.3) is 0 Å². The number of hydrogen-bond donors (Lipinski definition) is 3. The van der Waals surface area contributed by atoms with Crippen LogP contribution < -0.4 is 0 Å². The van der Waals surface area contributed by atoms with Gasteiger partial charge in [-0.2, -0.15) is 16.8 Å². The summed E-state index contributed by atoms with van der Waals surface area (Å²) in [6, 6.07) is 0. The molecule has 3 saturated carbocycles. The van der Waals surface area contributed by atoms with Gasteiger partial charge in [-0.1, -0.05) is 45.9 Å². The van der Waals surface area contributed by atoms with Crippen LogP contribution in [-0.2, 0) is 29.2 Å². The fraction of sp³-hybridized carbons (Fsp3) is 0.852. The molecular weight excluding hydrogens is 532 g/mol. The molecule has 0 unspecified atom stereocenters. The molecule has 3 fully saturated rings. The SMILES string of the molecule is CC(C)C/C=C/[C@@H](COS(=O)(=O)O)[C@H]1CC[C@@H]2[C@@H]3CC=C4[C@@H](O)[C@H](OS(=O)(=O)O)CC[C@]4(C)[C@H]3CC[C@@]21C. The van der Waals surface area contributed by atoms with Crippen molar-refractivity contribution in [2.45, 2.75) is 91.3 Å². The van der Waals surface area contributed by atoms with Gasteiger partial charge in [-0.05, 0) is 97.4 Å². The van der Waals surface area contributed by atoms with E-state index >= 15 is 0 Å². The fourth-order valence-corrected chi connectivity index (χ4v) is 9.55. The van der Waals surface area contributed by atoms with Crippen LogP contribution in [0.3, 0.4) is 0 Å². The molecule has 0 aromatic heterocycles. The summed E-state index contributed by atoms with van der Waals surface area (Å²) in [5.74, 6) is 1.75. The van der Waals surface area contributed by atoms with Gasteiger partial charge in [0.2, 0.25) is 0 Å². The molecule has 0 amide bonds. The summed E-state index contributed by atoms with van der Waals surface area (Å²) in [5.41, 5.74) is 0.543. The largest absolute Gasteiger partial charge is 0.397 e. The van der Waals surface area contributed by atoms with Gasteiger partial charge >= 0.3 is 20.8 Å². The van der Waals surface area contributed by atoms with Crippen molar-refractivity contribution in [3.8, 4) is 0 Å². The minimum atomic E-state index is -4.65. The lowest BCUT2D eigenvalue weighted by atomic mass is 9.46. The zero-order valence-corrected chi connectivity index (χ0v) is 24.5. The van der Waals surface area contributed by atoms with Crippen molar-refractivity contribution in [3.63, 3.8) is 0 Å². The Labute approximate surface area is 228 Å². The molecule has 218 valence electrons. The maximum atomic E-state index is 11.4. The monoisotopic (exact) mass is 576 g/mol. The molecule has 0 saturated heterocycles. The maximum absolute atomic E-state index is 11.4. The minimum absolute atomic E-state index is 0.0117. The van der Waals surface area contributed by atoms with Crippen LogP contribution in [0.15, 0.2) is 23.8 Å². The van der Waals surface area contributed by atoms with Crippen LogP contribution in [0.5, 0.6) is 0 Å². The summed E-state index contributed by atoms with van der Waals surface area (Å²) in [6.07, 6.45) is 10.8. The van der Waals surface area contributed by atoms with Crippen molar-refractivity contribution >= 4 is 20.8 Å². The quantitative estimate of drug-likeness (QED) is 0.261. The molecule has 0 aromatic rings. The van der Waals surface area contributed by atoms with Gasteiger partial charge in [-0.3, -0.25) is 9.11 Å². The van der Waals surface area contributed by atoms with E-state index in [1.54, 1.807) is 0 Å². The van der Waals surface area contributed by atoms with Gasteiger partial charge in [0.1, 0.15) is 12.2 Å². The Hall–Kier alpha value is -0.820. The molecule has 9 nitrogen and oxygen atoms in total. The van der Waals surface area contributed by atoms with Crippen LogP contribution in [0.2, 0.25) is 0 Å². The summed E-state index contributed by atoms with van der Waals surface area (Å²) >= 11 is 0.